The maximum Gasteiger partial charge on any atom is 0.243 e. The summed E-state index contributed by atoms with van der Waals surface area (Å²) in [5.74, 6) is -0.119. The molecule has 0 spiro atoms. The van der Waals surface area contributed by atoms with E-state index in [4.69, 9.17) is 0 Å². The Bertz CT molecular complexity index is 921. The summed E-state index contributed by atoms with van der Waals surface area (Å²) in [7, 11) is -3.47. The normalized spacial score (nSPS) is 13.8. The molecule has 0 saturated carbocycles. The summed E-state index contributed by atoms with van der Waals surface area (Å²) in [6.45, 7) is 10.4. The predicted molar refractivity (Wildman–Crippen MR) is 122 cm³/mol. The van der Waals surface area contributed by atoms with Crippen LogP contribution in [0.2, 0.25) is 0 Å². The van der Waals surface area contributed by atoms with Crippen molar-refractivity contribution in [2.24, 2.45) is 0 Å². The molecule has 1 amide bonds. The number of hydrogen-bond acceptors (Lipinski definition) is 4. The van der Waals surface area contributed by atoms with E-state index in [1.165, 1.54) is 9.87 Å². The van der Waals surface area contributed by atoms with Crippen LogP contribution in [0.3, 0.4) is 0 Å². The monoisotopic (exact) mass is 431 g/mol. The van der Waals surface area contributed by atoms with Gasteiger partial charge in [0.25, 0.3) is 0 Å². The molecule has 0 aliphatic rings. The molecule has 2 atom stereocenters. The van der Waals surface area contributed by atoms with Crippen molar-refractivity contribution in [3.05, 3.63) is 59.7 Å². The van der Waals surface area contributed by atoms with Gasteiger partial charge in [0, 0.05) is 24.8 Å². The van der Waals surface area contributed by atoms with Crippen LogP contribution in [0.25, 0.3) is 0 Å². The van der Waals surface area contributed by atoms with Crippen LogP contribution in [-0.4, -0.2) is 37.8 Å². The topological polar surface area (TPSA) is 78.5 Å². The Hall–Kier alpha value is -2.22. The number of aryl methyl sites for hydroxylation is 1. The zero-order chi connectivity index (χ0) is 22.3. The highest BCUT2D eigenvalue weighted by atomic mass is 32.2. The van der Waals surface area contributed by atoms with Gasteiger partial charge < -0.3 is 5.32 Å². The van der Waals surface area contributed by atoms with E-state index in [0.29, 0.717) is 13.1 Å². The van der Waals surface area contributed by atoms with E-state index in [1.54, 1.807) is 24.3 Å². The van der Waals surface area contributed by atoms with Crippen molar-refractivity contribution in [3.63, 3.8) is 0 Å². The first-order valence-electron chi connectivity index (χ1n) is 10.5. The summed E-state index contributed by atoms with van der Waals surface area (Å²) in [5, 5.41) is 6.19. The van der Waals surface area contributed by atoms with Crippen LogP contribution in [0.1, 0.15) is 51.8 Å². The molecule has 0 heterocycles. The fourth-order valence-corrected chi connectivity index (χ4v) is 4.72. The van der Waals surface area contributed by atoms with Gasteiger partial charge in [0.15, 0.2) is 0 Å². The standard InChI is InChI=1S/C23H33N3O3S/c1-6-19-9-13-21(14-10-19)25-23(27)18(5)24-17(4)20-11-15-22(16-12-20)30(28,29)26(7-2)8-3/h9-18,24H,6-8H2,1-5H3,(H,25,27)/t17-,18+/m0/s1. The first-order valence-corrected chi connectivity index (χ1v) is 11.9. The van der Waals surface area contributed by atoms with Gasteiger partial charge in [-0.05, 0) is 55.7 Å². The van der Waals surface area contributed by atoms with Gasteiger partial charge in [-0.15, -0.1) is 0 Å². The van der Waals surface area contributed by atoms with Crippen molar-refractivity contribution in [3.8, 4) is 0 Å². The van der Waals surface area contributed by atoms with Gasteiger partial charge in [-0.2, -0.15) is 4.31 Å². The summed E-state index contributed by atoms with van der Waals surface area (Å²) < 4.78 is 26.7. The van der Waals surface area contributed by atoms with Gasteiger partial charge in [-0.1, -0.05) is 45.0 Å². The van der Waals surface area contributed by atoms with Crippen molar-refractivity contribution in [1.82, 2.24) is 9.62 Å². The highest BCUT2D eigenvalue weighted by Crippen LogP contribution is 2.20. The largest absolute Gasteiger partial charge is 0.325 e. The average Bonchev–Trinajstić information content (AvgIpc) is 2.75. The Balaban J connectivity index is 2.00. The first kappa shape index (κ1) is 24.1. The van der Waals surface area contributed by atoms with Crippen molar-refractivity contribution < 1.29 is 13.2 Å². The second-order valence-electron chi connectivity index (χ2n) is 7.31. The zero-order valence-electron chi connectivity index (χ0n) is 18.5. The van der Waals surface area contributed by atoms with Crippen LogP contribution in [0.15, 0.2) is 53.4 Å². The van der Waals surface area contributed by atoms with Crippen LogP contribution in [0, 0.1) is 0 Å². The first-order chi connectivity index (χ1) is 14.2. The maximum atomic E-state index is 12.6. The van der Waals surface area contributed by atoms with E-state index >= 15 is 0 Å². The molecule has 7 heteroatoms. The van der Waals surface area contributed by atoms with Crippen molar-refractivity contribution in [1.29, 1.82) is 0 Å². The molecular formula is C23H33N3O3S. The Morgan fingerprint density at radius 3 is 2.00 bits per heavy atom. The molecule has 0 aliphatic carbocycles. The van der Waals surface area contributed by atoms with Gasteiger partial charge in [-0.25, -0.2) is 8.42 Å². The molecule has 2 aromatic carbocycles. The highest BCUT2D eigenvalue weighted by molar-refractivity contribution is 7.89. The Morgan fingerprint density at radius 2 is 1.50 bits per heavy atom. The van der Waals surface area contributed by atoms with Crippen LogP contribution < -0.4 is 10.6 Å². The lowest BCUT2D eigenvalue weighted by atomic mass is 10.1. The minimum atomic E-state index is -3.47. The van der Waals surface area contributed by atoms with Gasteiger partial charge in [-0.3, -0.25) is 10.1 Å². The molecule has 0 aromatic heterocycles. The van der Waals surface area contributed by atoms with E-state index in [2.05, 4.69) is 17.6 Å². The van der Waals surface area contributed by atoms with Crippen molar-refractivity contribution in [2.45, 2.75) is 58.0 Å². The molecule has 6 nitrogen and oxygen atoms in total. The Labute approximate surface area is 180 Å². The van der Waals surface area contributed by atoms with Gasteiger partial charge >= 0.3 is 0 Å². The van der Waals surface area contributed by atoms with E-state index in [0.717, 1.165) is 17.7 Å². The molecule has 0 fully saturated rings. The third-order valence-corrected chi connectivity index (χ3v) is 7.31. The number of benzene rings is 2. The molecule has 164 valence electrons. The average molecular weight is 432 g/mol. The number of rotatable bonds is 10. The van der Waals surface area contributed by atoms with Crippen LogP contribution in [-0.2, 0) is 21.2 Å². The van der Waals surface area contributed by atoms with Crippen molar-refractivity contribution >= 4 is 21.6 Å². The lowest BCUT2D eigenvalue weighted by Crippen LogP contribution is -2.39. The number of nitrogens with zero attached hydrogens (tertiary/aromatic N) is 1. The summed E-state index contributed by atoms with van der Waals surface area (Å²) in [6, 6.07) is 14.1. The van der Waals surface area contributed by atoms with Crippen LogP contribution in [0.5, 0.6) is 0 Å². The maximum absolute atomic E-state index is 12.6. The molecule has 2 aromatic rings. The van der Waals surface area contributed by atoms with Crippen LogP contribution >= 0.6 is 0 Å². The fourth-order valence-electron chi connectivity index (χ4n) is 3.26. The highest BCUT2D eigenvalue weighted by Gasteiger charge is 2.22. The molecule has 0 unspecified atom stereocenters. The second-order valence-corrected chi connectivity index (χ2v) is 9.25. The second kappa shape index (κ2) is 10.7. The number of amides is 1. The van der Waals surface area contributed by atoms with Gasteiger partial charge in [0.1, 0.15) is 0 Å². The van der Waals surface area contributed by atoms with E-state index in [-0.39, 0.29) is 16.8 Å². The number of carbonyl (C=O) groups excluding carboxylic acids is 1. The number of carbonyl (C=O) groups is 1. The van der Waals surface area contributed by atoms with Crippen LogP contribution in [0.4, 0.5) is 5.69 Å². The zero-order valence-corrected chi connectivity index (χ0v) is 19.3. The lowest BCUT2D eigenvalue weighted by molar-refractivity contribution is -0.117. The molecule has 0 saturated heterocycles. The third-order valence-electron chi connectivity index (χ3n) is 5.25. The molecule has 2 N–H and O–H groups in total. The summed E-state index contributed by atoms with van der Waals surface area (Å²) >= 11 is 0. The molecule has 0 bridgehead atoms. The van der Waals surface area contributed by atoms with Crippen molar-refractivity contribution in [2.75, 3.05) is 18.4 Å². The quantitative estimate of drug-likeness (QED) is 0.597. The minimum Gasteiger partial charge on any atom is -0.325 e. The lowest BCUT2D eigenvalue weighted by Gasteiger charge is -2.21. The SMILES string of the molecule is CCc1ccc(NC(=O)[C@@H](C)N[C@@H](C)c2ccc(S(=O)(=O)N(CC)CC)cc2)cc1. The number of hydrogen-bond donors (Lipinski definition) is 2. The van der Waals surface area contributed by atoms with Gasteiger partial charge in [0.2, 0.25) is 15.9 Å². The smallest absolute Gasteiger partial charge is 0.243 e. The molecule has 0 aliphatic heterocycles. The molecule has 2 rings (SSSR count). The molecule has 0 radical (unpaired) electrons. The predicted octanol–water partition coefficient (Wildman–Crippen LogP) is 3.96. The summed E-state index contributed by atoms with van der Waals surface area (Å²) in [5.41, 5.74) is 2.91. The Kier molecular flexibility index (Phi) is 8.58. The Morgan fingerprint density at radius 1 is 0.933 bits per heavy atom. The number of sulfonamides is 1. The van der Waals surface area contributed by atoms with E-state index in [9.17, 15) is 13.2 Å². The van der Waals surface area contributed by atoms with E-state index < -0.39 is 16.1 Å². The third kappa shape index (κ3) is 5.90. The molecule has 30 heavy (non-hydrogen) atoms. The fraction of sp³-hybridized carbons (Fsp3) is 0.435. The molecular weight excluding hydrogens is 398 g/mol. The summed E-state index contributed by atoms with van der Waals surface area (Å²) in [4.78, 5) is 12.8. The number of anilines is 1. The minimum absolute atomic E-state index is 0.113. The van der Waals surface area contributed by atoms with E-state index in [1.807, 2.05) is 52.0 Å². The summed E-state index contributed by atoms with van der Waals surface area (Å²) in [6.07, 6.45) is 0.957. The number of nitrogens with one attached hydrogen (secondary N) is 2. The van der Waals surface area contributed by atoms with Gasteiger partial charge in [0.05, 0.1) is 10.9 Å².